The van der Waals surface area contributed by atoms with E-state index in [1.807, 2.05) is 6.92 Å². The third-order valence-corrected chi connectivity index (χ3v) is 6.01. The Hall–Kier alpha value is -3.23. The Morgan fingerprint density at radius 2 is 1.62 bits per heavy atom. The van der Waals surface area contributed by atoms with E-state index in [2.05, 4.69) is 10.1 Å². The number of amides is 1. The number of anilines is 1. The highest BCUT2D eigenvalue weighted by Gasteiger charge is 2.37. The van der Waals surface area contributed by atoms with Crippen molar-refractivity contribution in [1.29, 1.82) is 0 Å². The van der Waals surface area contributed by atoms with Crippen LogP contribution in [0.4, 0.5) is 10.1 Å². The molecule has 0 fully saturated rings. The lowest BCUT2D eigenvalue weighted by molar-refractivity contribution is 0.0629. The van der Waals surface area contributed by atoms with Crippen LogP contribution in [-0.2, 0) is 10.0 Å². The van der Waals surface area contributed by atoms with Gasteiger partial charge in [-0.2, -0.15) is 0 Å². The van der Waals surface area contributed by atoms with E-state index in [1.54, 1.807) is 42.5 Å². The first-order valence-corrected chi connectivity index (χ1v) is 10.4. The summed E-state index contributed by atoms with van der Waals surface area (Å²) in [6.07, 6.45) is -1.06. The maximum absolute atomic E-state index is 14.5. The van der Waals surface area contributed by atoms with Gasteiger partial charge in [-0.25, -0.2) is 17.8 Å². The lowest BCUT2D eigenvalue weighted by Gasteiger charge is -2.37. The molecule has 0 unspecified atom stereocenters. The number of carbonyl (C=O) groups is 1. The van der Waals surface area contributed by atoms with E-state index in [0.717, 1.165) is 10.6 Å². The van der Waals surface area contributed by atoms with Crippen molar-refractivity contribution >= 4 is 21.6 Å². The average molecular weight is 411 g/mol. The van der Waals surface area contributed by atoms with Crippen molar-refractivity contribution in [2.75, 3.05) is 5.32 Å². The number of sulfonamides is 1. The van der Waals surface area contributed by atoms with Crippen LogP contribution in [-0.4, -0.2) is 19.3 Å². The number of halogens is 1. The van der Waals surface area contributed by atoms with Gasteiger partial charge in [-0.05, 0) is 37.3 Å². The predicted molar refractivity (Wildman–Crippen MR) is 107 cm³/mol. The molecule has 3 aromatic rings. The molecular weight excluding hydrogens is 393 g/mol. The highest BCUT2D eigenvalue weighted by molar-refractivity contribution is 7.89. The molecule has 148 valence electrons. The number of aryl methyl sites for hydroxylation is 1. The highest BCUT2D eigenvalue weighted by atomic mass is 32.2. The minimum absolute atomic E-state index is 0.00189. The van der Waals surface area contributed by atoms with E-state index in [1.165, 1.54) is 30.3 Å². The zero-order valence-corrected chi connectivity index (χ0v) is 16.3. The van der Waals surface area contributed by atoms with Crippen LogP contribution in [0.3, 0.4) is 0 Å². The summed E-state index contributed by atoms with van der Waals surface area (Å²) in [6, 6.07) is 18.8. The van der Waals surface area contributed by atoms with Gasteiger partial charge in [-0.15, -0.1) is 4.83 Å². The lowest BCUT2D eigenvalue weighted by Crippen LogP contribution is -2.52. The molecule has 6 nitrogen and oxygen atoms in total. The smallest absolute Gasteiger partial charge is 0.273 e. The van der Waals surface area contributed by atoms with Crippen LogP contribution in [0.1, 0.15) is 27.7 Å². The van der Waals surface area contributed by atoms with Crippen molar-refractivity contribution in [2.45, 2.75) is 18.0 Å². The van der Waals surface area contributed by atoms with E-state index in [4.69, 9.17) is 0 Å². The van der Waals surface area contributed by atoms with Crippen molar-refractivity contribution in [3.8, 4) is 0 Å². The van der Waals surface area contributed by atoms with Gasteiger partial charge in [0.1, 0.15) is 12.0 Å². The number of hydrogen-bond donors (Lipinski definition) is 2. The van der Waals surface area contributed by atoms with Crippen LogP contribution in [0.2, 0.25) is 0 Å². The molecule has 0 aromatic heterocycles. The molecule has 8 heteroatoms. The molecule has 29 heavy (non-hydrogen) atoms. The first-order chi connectivity index (χ1) is 13.9. The topological polar surface area (TPSA) is 78.5 Å². The molecule has 0 radical (unpaired) electrons. The SMILES string of the molecule is Cc1ccc(S(=O)(=O)NN2C(=O)c3ccccc3N[C@@H]2c2ccccc2F)cc1. The quantitative estimate of drug-likeness (QED) is 0.688. The fourth-order valence-electron chi connectivity index (χ4n) is 3.16. The van der Waals surface area contributed by atoms with Gasteiger partial charge in [0.2, 0.25) is 0 Å². The summed E-state index contributed by atoms with van der Waals surface area (Å²) >= 11 is 0. The summed E-state index contributed by atoms with van der Waals surface area (Å²) in [6.45, 7) is 1.84. The molecule has 0 bridgehead atoms. The van der Waals surface area contributed by atoms with Crippen LogP contribution < -0.4 is 10.1 Å². The fraction of sp³-hybridized carbons (Fsp3) is 0.0952. The first kappa shape index (κ1) is 19.1. The number of benzene rings is 3. The molecule has 0 saturated carbocycles. The van der Waals surface area contributed by atoms with E-state index in [0.29, 0.717) is 5.69 Å². The van der Waals surface area contributed by atoms with Crippen molar-refractivity contribution in [3.05, 3.63) is 95.3 Å². The van der Waals surface area contributed by atoms with Gasteiger partial charge in [-0.1, -0.05) is 48.0 Å². The third-order valence-electron chi connectivity index (χ3n) is 4.68. The standard InChI is InChI=1S/C21H18FN3O3S/c1-14-10-12-15(13-11-14)29(27,28)24-25-20(16-6-2-4-8-18(16)22)23-19-9-5-3-7-17(19)21(25)26/h2-13,20,23-24H,1H3/t20-/m0/s1. The zero-order chi connectivity index (χ0) is 20.6. The van der Waals surface area contributed by atoms with Crippen LogP contribution in [0, 0.1) is 12.7 Å². The number of hydrogen-bond acceptors (Lipinski definition) is 4. The van der Waals surface area contributed by atoms with Gasteiger partial charge in [0, 0.05) is 11.3 Å². The Bertz CT molecular complexity index is 1180. The maximum atomic E-state index is 14.5. The van der Waals surface area contributed by atoms with Gasteiger partial charge in [-0.3, -0.25) is 4.79 Å². The van der Waals surface area contributed by atoms with Crippen molar-refractivity contribution in [1.82, 2.24) is 9.84 Å². The van der Waals surface area contributed by atoms with Crippen molar-refractivity contribution in [3.63, 3.8) is 0 Å². The second kappa shape index (κ2) is 7.31. The Morgan fingerprint density at radius 1 is 0.966 bits per heavy atom. The van der Waals surface area contributed by atoms with Crippen LogP contribution in [0.15, 0.2) is 77.7 Å². The van der Waals surface area contributed by atoms with Crippen molar-refractivity contribution < 1.29 is 17.6 Å². The number of hydrazine groups is 1. The Balaban J connectivity index is 1.78. The van der Waals surface area contributed by atoms with Crippen molar-refractivity contribution in [2.24, 2.45) is 0 Å². The monoisotopic (exact) mass is 411 g/mol. The number of nitrogens with zero attached hydrogens (tertiary/aromatic N) is 1. The van der Waals surface area contributed by atoms with Crippen LogP contribution in [0.25, 0.3) is 0 Å². The Kier molecular flexibility index (Phi) is 4.81. The van der Waals surface area contributed by atoms with Gasteiger partial charge in [0.05, 0.1) is 10.5 Å². The number of nitrogens with one attached hydrogen (secondary N) is 2. The van der Waals surface area contributed by atoms with E-state index < -0.39 is 27.9 Å². The summed E-state index contributed by atoms with van der Waals surface area (Å²) in [5, 5.41) is 3.97. The molecule has 1 heterocycles. The molecule has 0 saturated heterocycles. The highest BCUT2D eigenvalue weighted by Crippen LogP contribution is 2.33. The van der Waals surface area contributed by atoms with Crippen LogP contribution in [0.5, 0.6) is 0 Å². The number of fused-ring (bicyclic) bond motifs is 1. The molecule has 0 aliphatic carbocycles. The van der Waals surface area contributed by atoms with Gasteiger partial charge in [0.25, 0.3) is 15.9 Å². The second-order valence-electron chi connectivity index (χ2n) is 6.70. The van der Waals surface area contributed by atoms with Gasteiger partial charge >= 0.3 is 0 Å². The summed E-state index contributed by atoms with van der Waals surface area (Å²) in [4.78, 5) is 15.4. The van der Waals surface area contributed by atoms with Gasteiger partial charge in [0.15, 0.2) is 0 Å². The molecule has 1 aliphatic heterocycles. The summed E-state index contributed by atoms with van der Waals surface area (Å²) < 4.78 is 40.3. The molecule has 0 spiro atoms. The normalized spacial score (nSPS) is 16.3. The summed E-state index contributed by atoms with van der Waals surface area (Å²) in [5.74, 6) is -1.14. The molecule has 1 atom stereocenters. The molecule has 1 aliphatic rings. The first-order valence-electron chi connectivity index (χ1n) is 8.89. The molecular formula is C21H18FN3O3S. The van der Waals surface area contributed by atoms with E-state index in [9.17, 15) is 17.6 Å². The minimum atomic E-state index is -4.07. The summed E-state index contributed by atoms with van der Waals surface area (Å²) in [5.41, 5.74) is 1.82. The molecule has 1 amide bonds. The zero-order valence-electron chi connectivity index (χ0n) is 15.5. The molecule has 2 N–H and O–H groups in total. The Morgan fingerprint density at radius 3 is 2.34 bits per heavy atom. The predicted octanol–water partition coefficient (Wildman–Crippen LogP) is 3.59. The number of para-hydroxylation sites is 1. The molecule has 3 aromatic carbocycles. The largest absolute Gasteiger partial charge is 0.360 e. The van der Waals surface area contributed by atoms with E-state index in [-0.39, 0.29) is 16.0 Å². The number of carbonyl (C=O) groups excluding carboxylic acids is 1. The average Bonchev–Trinajstić information content (AvgIpc) is 2.71. The van der Waals surface area contributed by atoms with E-state index >= 15 is 0 Å². The third kappa shape index (κ3) is 3.59. The maximum Gasteiger partial charge on any atom is 0.273 e. The number of rotatable bonds is 4. The minimum Gasteiger partial charge on any atom is -0.360 e. The lowest BCUT2D eigenvalue weighted by atomic mass is 10.0. The fourth-order valence-corrected chi connectivity index (χ4v) is 4.21. The Labute approximate surface area is 168 Å². The van der Waals surface area contributed by atoms with Crippen LogP contribution >= 0.6 is 0 Å². The molecule has 4 rings (SSSR count). The van der Waals surface area contributed by atoms with Gasteiger partial charge < -0.3 is 5.32 Å². The summed E-state index contributed by atoms with van der Waals surface area (Å²) in [7, 11) is -4.07. The second-order valence-corrected chi connectivity index (χ2v) is 8.36.